The van der Waals surface area contributed by atoms with Crippen LogP contribution in [-0.4, -0.2) is 6.54 Å². The summed E-state index contributed by atoms with van der Waals surface area (Å²) in [5, 5.41) is 0. The third kappa shape index (κ3) is 8.97. The van der Waals surface area contributed by atoms with Crippen molar-refractivity contribution in [3.05, 3.63) is 0 Å². The number of hydrogen-bond donors (Lipinski definition) is 1. The van der Waals surface area contributed by atoms with Crippen LogP contribution < -0.4 is 5.73 Å². The largest absolute Gasteiger partial charge is 0.330 e. The van der Waals surface area contributed by atoms with Crippen LogP contribution in [0, 0.1) is 5.92 Å². The van der Waals surface area contributed by atoms with Crippen molar-refractivity contribution in [2.24, 2.45) is 11.7 Å². The molecule has 1 fully saturated rings. The Bertz CT molecular complexity index is 151. The fraction of sp³-hybridized carbons (Fsp3) is 1.00. The molecular formula is C17H35N. The van der Waals surface area contributed by atoms with Gasteiger partial charge in [-0.05, 0) is 18.9 Å². The predicted octanol–water partition coefficient (Wildman–Crippen LogP) is 5.43. The number of rotatable bonds is 2. The summed E-state index contributed by atoms with van der Waals surface area (Å²) >= 11 is 0. The molecule has 0 aromatic rings. The summed E-state index contributed by atoms with van der Waals surface area (Å²) in [6.45, 7) is 0.894. The molecule has 0 aromatic carbocycles. The second kappa shape index (κ2) is 12.0. The van der Waals surface area contributed by atoms with Crippen molar-refractivity contribution in [3.63, 3.8) is 0 Å². The van der Waals surface area contributed by atoms with E-state index < -0.39 is 0 Å². The molecule has 0 radical (unpaired) electrons. The lowest BCUT2D eigenvalue weighted by molar-refractivity contribution is 0.386. The van der Waals surface area contributed by atoms with Gasteiger partial charge in [-0.25, -0.2) is 0 Å². The van der Waals surface area contributed by atoms with Gasteiger partial charge < -0.3 is 5.73 Å². The van der Waals surface area contributed by atoms with E-state index in [1.54, 1.807) is 0 Å². The molecule has 18 heavy (non-hydrogen) atoms. The van der Waals surface area contributed by atoms with Crippen LogP contribution in [0.1, 0.15) is 96.3 Å². The van der Waals surface area contributed by atoms with Gasteiger partial charge in [0.2, 0.25) is 0 Å². The van der Waals surface area contributed by atoms with Gasteiger partial charge in [0.25, 0.3) is 0 Å². The second-order valence-electron chi connectivity index (χ2n) is 6.26. The van der Waals surface area contributed by atoms with Gasteiger partial charge in [0.15, 0.2) is 0 Å². The molecule has 0 aromatic heterocycles. The third-order valence-electron chi connectivity index (χ3n) is 4.55. The quantitative estimate of drug-likeness (QED) is 0.698. The zero-order valence-corrected chi connectivity index (χ0v) is 12.5. The van der Waals surface area contributed by atoms with E-state index >= 15 is 0 Å². The summed E-state index contributed by atoms with van der Waals surface area (Å²) in [5.41, 5.74) is 5.74. The van der Waals surface area contributed by atoms with Crippen molar-refractivity contribution in [1.29, 1.82) is 0 Å². The molecule has 1 heteroatoms. The summed E-state index contributed by atoms with van der Waals surface area (Å²) < 4.78 is 0. The first kappa shape index (κ1) is 16.0. The Balaban J connectivity index is 2.20. The maximum atomic E-state index is 5.74. The van der Waals surface area contributed by atoms with Crippen molar-refractivity contribution >= 4 is 0 Å². The lowest BCUT2D eigenvalue weighted by Crippen LogP contribution is -2.09. The van der Waals surface area contributed by atoms with Gasteiger partial charge in [0.1, 0.15) is 0 Å². The van der Waals surface area contributed by atoms with Crippen molar-refractivity contribution < 1.29 is 0 Å². The van der Waals surface area contributed by atoms with Crippen LogP contribution in [0.15, 0.2) is 0 Å². The van der Waals surface area contributed by atoms with E-state index in [0.29, 0.717) is 0 Å². The van der Waals surface area contributed by atoms with Crippen LogP contribution in [0.2, 0.25) is 0 Å². The van der Waals surface area contributed by atoms with Gasteiger partial charge in [-0.15, -0.1) is 0 Å². The Morgan fingerprint density at radius 3 is 1.22 bits per heavy atom. The van der Waals surface area contributed by atoms with Crippen LogP contribution in [0.5, 0.6) is 0 Å². The summed E-state index contributed by atoms with van der Waals surface area (Å²) in [4.78, 5) is 0. The van der Waals surface area contributed by atoms with Crippen LogP contribution >= 0.6 is 0 Å². The van der Waals surface area contributed by atoms with E-state index in [-0.39, 0.29) is 0 Å². The van der Waals surface area contributed by atoms with Crippen LogP contribution in [-0.2, 0) is 0 Å². The summed E-state index contributed by atoms with van der Waals surface area (Å²) in [7, 11) is 0. The highest BCUT2D eigenvalue weighted by Gasteiger charge is 2.07. The highest BCUT2D eigenvalue weighted by Crippen LogP contribution is 2.22. The Kier molecular flexibility index (Phi) is 10.7. The van der Waals surface area contributed by atoms with Crippen molar-refractivity contribution in [2.75, 3.05) is 6.54 Å². The predicted molar refractivity (Wildman–Crippen MR) is 81.8 cm³/mol. The molecule has 108 valence electrons. The standard InChI is InChI=1S/C17H35N/c18-16-15-17-13-11-9-7-5-3-1-2-4-6-8-10-12-14-17/h17H,1-16,18H2. The molecule has 1 nitrogen and oxygen atoms in total. The minimum absolute atomic E-state index is 0.894. The van der Waals surface area contributed by atoms with Gasteiger partial charge in [0, 0.05) is 0 Å². The minimum atomic E-state index is 0.894. The van der Waals surface area contributed by atoms with E-state index in [1.165, 1.54) is 96.3 Å². The zero-order chi connectivity index (χ0) is 12.9. The monoisotopic (exact) mass is 253 g/mol. The third-order valence-corrected chi connectivity index (χ3v) is 4.55. The highest BCUT2D eigenvalue weighted by atomic mass is 14.5. The average molecular weight is 253 g/mol. The Morgan fingerprint density at radius 1 is 0.556 bits per heavy atom. The van der Waals surface area contributed by atoms with Gasteiger partial charge in [-0.3, -0.25) is 0 Å². The summed E-state index contributed by atoms with van der Waals surface area (Å²) in [6, 6.07) is 0. The molecule has 0 atom stereocenters. The highest BCUT2D eigenvalue weighted by molar-refractivity contribution is 4.62. The molecule has 0 saturated heterocycles. The Morgan fingerprint density at radius 2 is 0.889 bits per heavy atom. The minimum Gasteiger partial charge on any atom is -0.330 e. The molecule has 0 spiro atoms. The molecule has 1 rings (SSSR count). The molecular weight excluding hydrogens is 218 g/mol. The van der Waals surface area contributed by atoms with Crippen molar-refractivity contribution in [3.8, 4) is 0 Å². The van der Waals surface area contributed by atoms with Crippen LogP contribution in [0.3, 0.4) is 0 Å². The van der Waals surface area contributed by atoms with Crippen molar-refractivity contribution in [2.45, 2.75) is 96.3 Å². The van der Waals surface area contributed by atoms with Gasteiger partial charge >= 0.3 is 0 Å². The molecule has 0 heterocycles. The van der Waals surface area contributed by atoms with E-state index in [0.717, 1.165) is 12.5 Å². The Hall–Kier alpha value is -0.0400. The molecule has 1 aliphatic rings. The average Bonchev–Trinajstić information content (AvgIpc) is 2.39. The number of hydrogen-bond acceptors (Lipinski definition) is 1. The van der Waals surface area contributed by atoms with E-state index in [4.69, 9.17) is 5.73 Å². The number of nitrogens with two attached hydrogens (primary N) is 1. The second-order valence-corrected chi connectivity index (χ2v) is 6.26. The van der Waals surface area contributed by atoms with Crippen LogP contribution in [0.4, 0.5) is 0 Å². The summed E-state index contributed by atoms with van der Waals surface area (Å²) in [5.74, 6) is 0.931. The normalized spacial score (nSPS) is 23.2. The maximum absolute atomic E-state index is 5.74. The molecule has 0 bridgehead atoms. The summed E-state index contributed by atoms with van der Waals surface area (Å²) in [6.07, 6.45) is 21.8. The molecule has 1 aliphatic carbocycles. The van der Waals surface area contributed by atoms with Gasteiger partial charge in [0.05, 0.1) is 0 Å². The first-order valence-corrected chi connectivity index (χ1v) is 8.63. The molecule has 0 aliphatic heterocycles. The maximum Gasteiger partial charge on any atom is -0.00746 e. The van der Waals surface area contributed by atoms with Crippen LogP contribution in [0.25, 0.3) is 0 Å². The molecule has 0 amide bonds. The first-order chi connectivity index (χ1) is 8.93. The molecule has 1 saturated carbocycles. The van der Waals surface area contributed by atoms with E-state index in [2.05, 4.69) is 0 Å². The van der Waals surface area contributed by atoms with E-state index in [9.17, 15) is 0 Å². The SMILES string of the molecule is NCCC1CCCCCCCCCCCCCC1. The van der Waals surface area contributed by atoms with Crippen molar-refractivity contribution in [1.82, 2.24) is 0 Å². The zero-order valence-electron chi connectivity index (χ0n) is 12.5. The Labute approximate surface area is 115 Å². The van der Waals surface area contributed by atoms with E-state index in [1.807, 2.05) is 0 Å². The lowest BCUT2D eigenvalue weighted by Gasteiger charge is -2.15. The first-order valence-electron chi connectivity index (χ1n) is 8.63. The lowest BCUT2D eigenvalue weighted by atomic mass is 9.92. The fourth-order valence-corrected chi connectivity index (χ4v) is 3.30. The molecule has 0 unspecified atom stereocenters. The topological polar surface area (TPSA) is 26.0 Å². The van der Waals surface area contributed by atoms with Gasteiger partial charge in [-0.2, -0.15) is 0 Å². The fourth-order valence-electron chi connectivity index (χ4n) is 3.30. The smallest absolute Gasteiger partial charge is 0.00746 e. The van der Waals surface area contributed by atoms with Gasteiger partial charge in [-0.1, -0.05) is 89.9 Å². The molecule has 2 N–H and O–H groups in total.